The first kappa shape index (κ1) is 28.9. The van der Waals surface area contributed by atoms with E-state index < -0.39 is 6.09 Å². The van der Waals surface area contributed by atoms with Crippen LogP contribution in [0.2, 0.25) is 0 Å². The summed E-state index contributed by atoms with van der Waals surface area (Å²) >= 11 is 0. The fraction of sp³-hybridized carbons (Fsp3) is 0.312. The first-order chi connectivity index (χ1) is 19.9. The van der Waals surface area contributed by atoms with Gasteiger partial charge in [-0.2, -0.15) is 0 Å². The van der Waals surface area contributed by atoms with Crippen LogP contribution in [0.3, 0.4) is 0 Å². The van der Waals surface area contributed by atoms with Crippen LogP contribution in [0.15, 0.2) is 71.1 Å². The van der Waals surface area contributed by atoms with Gasteiger partial charge in [-0.1, -0.05) is 30.3 Å². The average molecular weight is 577 g/mol. The average Bonchev–Trinajstić information content (AvgIpc) is 3.35. The smallest absolute Gasteiger partial charge is 0.407 e. The SMILES string of the molecule is CC=S(C)N(CCN1CCN(C(=O)O)CC1)c1cc2oc(-c3ccc(F)cc3)c(CNC)c2cc1-c1ccccc1. The van der Waals surface area contributed by atoms with Crippen molar-refractivity contribution >= 4 is 38.8 Å². The Morgan fingerprint density at radius 3 is 2.41 bits per heavy atom. The van der Waals surface area contributed by atoms with Crippen molar-refractivity contribution in [3.8, 4) is 22.5 Å². The summed E-state index contributed by atoms with van der Waals surface area (Å²) in [6.07, 6.45) is 1.37. The number of piperazine rings is 1. The zero-order valence-electron chi connectivity index (χ0n) is 23.8. The van der Waals surface area contributed by atoms with Crippen molar-refractivity contribution in [2.24, 2.45) is 0 Å². The molecule has 1 unspecified atom stereocenters. The number of anilines is 1. The number of hydrogen-bond donors (Lipinski definition) is 2. The zero-order chi connectivity index (χ0) is 28.9. The highest BCUT2D eigenvalue weighted by molar-refractivity contribution is 8.15. The molecule has 1 saturated heterocycles. The first-order valence-electron chi connectivity index (χ1n) is 13.9. The summed E-state index contributed by atoms with van der Waals surface area (Å²) in [4.78, 5) is 15.2. The first-order valence-corrected chi connectivity index (χ1v) is 15.5. The summed E-state index contributed by atoms with van der Waals surface area (Å²) in [6, 6.07) is 21.2. The largest absolute Gasteiger partial charge is 0.465 e. The van der Waals surface area contributed by atoms with E-state index in [4.69, 9.17) is 4.42 Å². The molecule has 1 aliphatic rings. The topological polar surface area (TPSA) is 72.2 Å². The number of fused-ring (bicyclic) bond motifs is 1. The van der Waals surface area contributed by atoms with Gasteiger partial charge in [0.05, 0.1) is 5.69 Å². The van der Waals surface area contributed by atoms with E-state index in [1.165, 1.54) is 17.0 Å². The second-order valence-electron chi connectivity index (χ2n) is 10.2. The lowest BCUT2D eigenvalue weighted by Crippen LogP contribution is -2.49. The van der Waals surface area contributed by atoms with Crippen molar-refractivity contribution in [2.75, 3.05) is 56.9 Å². The molecule has 0 aliphatic carbocycles. The molecular formula is C32H37FN4O3S. The molecule has 1 amide bonds. The number of nitrogens with one attached hydrogen (secondary N) is 1. The molecule has 216 valence electrons. The van der Waals surface area contributed by atoms with Crippen LogP contribution in [0.5, 0.6) is 0 Å². The maximum absolute atomic E-state index is 13.7. The molecular weight excluding hydrogens is 539 g/mol. The molecule has 0 radical (unpaired) electrons. The van der Waals surface area contributed by atoms with Gasteiger partial charge >= 0.3 is 6.09 Å². The molecule has 1 aromatic heterocycles. The van der Waals surface area contributed by atoms with Crippen LogP contribution in [0.4, 0.5) is 14.9 Å². The third-order valence-electron chi connectivity index (χ3n) is 7.67. The number of amides is 1. The number of nitrogens with zero attached hydrogens (tertiary/aromatic N) is 3. The maximum Gasteiger partial charge on any atom is 0.407 e. The molecule has 2 heterocycles. The standard InChI is InChI=1S/C32H37FN4O3S/c1-4-41(3)37(19-16-35-14-17-36(18-15-35)32(38)39)29-21-30-27(20-26(29)23-8-6-5-7-9-23)28(22-34-2)31(40-30)24-10-12-25(33)13-11-24/h4-13,20-21,34H,14-19,22H2,1-3H3,(H,38,39). The lowest BCUT2D eigenvalue weighted by molar-refractivity contribution is 0.107. The molecule has 1 atom stereocenters. The van der Waals surface area contributed by atoms with Crippen LogP contribution < -0.4 is 9.62 Å². The van der Waals surface area contributed by atoms with E-state index in [1.54, 1.807) is 12.1 Å². The van der Waals surface area contributed by atoms with Gasteiger partial charge in [0.2, 0.25) is 0 Å². The van der Waals surface area contributed by atoms with E-state index in [-0.39, 0.29) is 16.5 Å². The maximum atomic E-state index is 13.7. The third-order valence-corrected chi connectivity index (χ3v) is 9.43. The molecule has 1 fully saturated rings. The van der Waals surface area contributed by atoms with Crippen LogP contribution in [-0.2, 0) is 6.54 Å². The van der Waals surface area contributed by atoms with Crippen molar-refractivity contribution in [3.05, 3.63) is 78.1 Å². The van der Waals surface area contributed by atoms with Crippen LogP contribution in [0, 0.1) is 5.82 Å². The lowest BCUT2D eigenvalue weighted by atomic mass is 9.98. The number of benzene rings is 3. The fourth-order valence-corrected chi connectivity index (χ4v) is 6.45. The molecule has 4 aromatic rings. The minimum atomic E-state index is -0.848. The quantitative estimate of drug-likeness (QED) is 0.226. The van der Waals surface area contributed by atoms with E-state index >= 15 is 0 Å². The molecule has 2 N–H and O–H groups in total. The summed E-state index contributed by atoms with van der Waals surface area (Å²) in [7, 11) is 1.74. The van der Waals surface area contributed by atoms with Gasteiger partial charge < -0.3 is 24.0 Å². The van der Waals surface area contributed by atoms with Crippen molar-refractivity contribution in [2.45, 2.75) is 13.5 Å². The van der Waals surface area contributed by atoms with Crippen LogP contribution in [0.25, 0.3) is 33.4 Å². The molecule has 0 saturated carbocycles. The number of furan rings is 1. The Hall–Kier alpha value is -3.66. The fourth-order valence-electron chi connectivity index (χ4n) is 5.37. The highest BCUT2D eigenvalue weighted by atomic mass is 32.2. The summed E-state index contributed by atoms with van der Waals surface area (Å²) in [5.41, 5.74) is 6.00. The van der Waals surface area contributed by atoms with E-state index in [2.05, 4.69) is 69.5 Å². The third kappa shape index (κ3) is 6.32. The van der Waals surface area contributed by atoms with Crippen LogP contribution in [-0.4, -0.2) is 78.9 Å². The second kappa shape index (κ2) is 12.9. The number of rotatable bonds is 9. The molecule has 5 rings (SSSR count). The number of carbonyl (C=O) groups is 1. The van der Waals surface area contributed by atoms with Gasteiger partial charge in [-0.05, 0) is 61.5 Å². The minimum Gasteiger partial charge on any atom is -0.465 e. The molecule has 0 spiro atoms. The minimum absolute atomic E-state index is 0.170. The Kier molecular flexibility index (Phi) is 9.07. The molecule has 41 heavy (non-hydrogen) atoms. The van der Waals surface area contributed by atoms with Crippen LogP contribution >= 0.6 is 10.7 Å². The van der Waals surface area contributed by atoms with E-state index in [9.17, 15) is 14.3 Å². The van der Waals surface area contributed by atoms with Gasteiger partial charge in [-0.25, -0.2) is 9.18 Å². The van der Waals surface area contributed by atoms with E-state index in [1.807, 2.05) is 13.1 Å². The Labute approximate surface area is 243 Å². The Balaban J connectivity index is 1.59. The van der Waals surface area contributed by atoms with Crippen molar-refractivity contribution in [3.63, 3.8) is 0 Å². The van der Waals surface area contributed by atoms with Crippen molar-refractivity contribution in [1.82, 2.24) is 15.1 Å². The molecule has 1 aliphatic heterocycles. The van der Waals surface area contributed by atoms with Crippen molar-refractivity contribution in [1.29, 1.82) is 0 Å². The van der Waals surface area contributed by atoms with Gasteiger partial charge in [0.15, 0.2) is 0 Å². The Morgan fingerprint density at radius 1 is 1.07 bits per heavy atom. The Morgan fingerprint density at radius 2 is 1.78 bits per heavy atom. The van der Waals surface area contributed by atoms with Gasteiger partial charge in [0, 0.05) is 74.0 Å². The summed E-state index contributed by atoms with van der Waals surface area (Å²) in [5.74, 6) is 0.463. The van der Waals surface area contributed by atoms with Gasteiger partial charge in [-0.3, -0.25) is 4.90 Å². The highest BCUT2D eigenvalue weighted by Gasteiger charge is 2.24. The number of halogens is 1. The number of carboxylic acid groups (broad SMARTS) is 1. The van der Waals surface area contributed by atoms with Crippen LogP contribution in [0.1, 0.15) is 12.5 Å². The molecule has 0 bridgehead atoms. The van der Waals surface area contributed by atoms with E-state index in [0.717, 1.165) is 70.8 Å². The van der Waals surface area contributed by atoms with E-state index in [0.29, 0.717) is 19.6 Å². The summed E-state index contributed by atoms with van der Waals surface area (Å²) in [5, 5.41) is 15.9. The normalized spacial score (nSPS) is 15.0. The van der Waals surface area contributed by atoms with Crippen molar-refractivity contribution < 1.29 is 18.7 Å². The highest BCUT2D eigenvalue weighted by Crippen LogP contribution is 2.43. The lowest BCUT2D eigenvalue weighted by Gasteiger charge is -2.35. The monoisotopic (exact) mass is 576 g/mol. The predicted octanol–water partition coefficient (Wildman–Crippen LogP) is 6.36. The zero-order valence-corrected chi connectivity index (χ0v) is 24.6. The molecule has 3 aromatic carbocycles. The molecule has 7 nitrogen and oxygen atoms in total. The van der Waals surface area contributed by atoms with Gasteiger partial charge in [0.25, 0.3) is 0 Å². The summed E-state index contributed by atoms with van der Waals surface area (Å²) in [6.45, 7) is 6.83. The predicted molar refractivity (Wildman–Crippen MR) is 168 cm³/mol. The van der Waals surface area contributed by atoms with Gasteiger partial charge in [0.1, 0.15) is 17.2 Å². The number of hydrogen-bond acceptors (Lipinski definition) is 5. The molecule has 9 heteroatoms. The van der Waals surface area contributed by atoms with Gasteiger partial charge in [-0.15, -0.1) is 10.7 Å². The Bertz CT molecular complexity index is 1530. The summed E-state index contributed by atoms with van der Waals surface area (Å²) < 4.78 is 22.7. The second-order valence-corrected chi connectivity index (χ2v) is 12.1.